The number of allylic oxidation sites excluding steroid dienone is 1. The van der Waals surface area contributed by atoms with E-state index in [4.69, 9.17) is 4.74 Å². The standard InChI is InChI=1S/C15H19BrFNO/c1-2-8-18-15(14-5-3-4-9-19-14)12-7-6-11(16)10-13(12)17/h5-7,10,15,18H,2-4,8-9H2,1H3. The van der Waals surface area contributed by atoms with Crippen LogP contribution in [0.4, 0.5) is 4.39 Å². The number of hydrogen-bond acceptors (Lipinski definition) is 2. The second kappa shape index (κ2) is 7.06. The molecule has 4 heteroatoms. The summed E-state index contributed by atoms with van der Waals surface area (Å²) in [5.41, 5.74) is 0.643. The number of ether oxygens (including phenoxy) is 1. The maximum Gasteiger partial charge on any atom is 0.129 e. The van der Waals surface area contributed by atoms with Crippen molar-refractivity contribution in [3.05, 3.63) is 45.9 Å². The topological polar surface area (TPSA) is 21.3 Å². The molecule has 2 nitrogen and oxygen atoms in total. The maximum atomic E-state index is 14.1. The number of benzene rings is 1. The van der Waals surface area contributed by atoms with Crippen LogP contribution in [0.2, 0.25) is 0 Å². The Balaban J connectivity index is 2.27. The number of rotatable bonds is 5. The van der Waals surface area contributed by atoms with Gasteiger partial charge in [-0.05, 0) is 44.0 Å². The van der Waals surface area contributed by atoms with Crippen LogP contribution >= 0.6 is 15.9 Å². The van der Waals surface area contributed by atoms with Crippen LogP contribution < -0.4 is 5.32 Å². The molecule has 0 fully saturated rings. The molecule has 0 saturated heterocycles. The van der Waals surface area contributed by atoms with Gasteiger partial charge in [-0.2, -0.15) is 0 Å². The van der Waals surface area contributed by atoms with Crippen LogP contribution in [0.3, 0.4) is 0 Å². The Bertz CT molecular complexity index is 461. The van der Waals surface area contributed by atoms with E-state index in [9.17, 15) is 4.39 Å². The fraction of sp³-hybridized carbons (Fsp3) is 0.467. The third-order valence-corrected chi connectivity index (χ3v) is 3.61. The predicted octanol–water partition coefficient (Wildman–Crippen LogP) is 4.32. The van der Waals surface area contributed by atoms with Gasteiger partial charge >= 0.3 is 0 Å². The molecular formula is C15H19BrFNO. The highest BCUT2D eigenvalue weighted by atomic mass is 79.9. The SMILES string of the molecule is CCCNC(C1=CCCCO1)c1ccc(Br)cc1F. The van der Waals surface area contributed by atoms with Crippen LogP contribution in [0.5, 0.6) is 0 Å². The van der Waals surface area contributed by atoms with Crippen molar-refractivity contribution >= 4 is 15.9 Å². The Labute approximate surface area is 122 Å². The van der Waals surface area contributed by atoms with Gasteiger partial charge in [0.1, 0.15) is 11.6 Å². The van der Waals surface area contributed by atoms with Crippen LogP contribution in [0.1, 0.15) is 37.8 Å². The fourth-order valence-electron chi connectivity index (χ4n) is 2.17. The molecule has 0 radical (unpaired) electrons. The molecule has 1 aromatic carbocycles. The molecule has 1 aliphatic rings. The summed E-state index contributed by atoms with van der Waals surface area (Å²) < 4.78 is 20.6. The van der Waals surface area contributed by atoms with Gasteiger partial charge in [0.25, 0.3) is 0 Å². The lowest BCUT2D eigenvalue weighted by Gasteiger charge is -2.25. The zero-order valence-electron chi connectivity index (χ0n) is 11.1. The summed E-state index contributed by atoms with van der Waals surface area (Å²) in [5, 5.41) is 3.37. The molecule has 19 heavy (non-hydrogen) atoms. The van der Waals surface area contributed by atoms with Crippen LogP contribution in [-0.2, 0) is 4.74 Å². The number of nitrogens with one attached hydrogen (secondary N) is 1. The first-order valence-electron chi connectivity index (χ1n) is 6.73. The van der Waals surface area contributed by atoms with E-state index in [1.807, 2.05) is 12.1 Å². The molecule has 1 aromatic rings. The molecule has 2 rings (SSSR count). The molecule has 0 saturated carbocycles. The minimum Gasteiger partial charge on any atom is -0.496 e. The highest BCUT2D eigenvalue weighted by molar-refractivity contribution is 9.10. The van der Waals surface area contributed by atoms with E-state index in [-0.39, 0.29) is 11.9 Å². The Morgan fingerprint density at radius 3 is 2.95 bits per heavy atom. The van der Waals surface area contributed by atoms with E-state index in [1.165, 1.54) is 6.07 Å². The first-order valence-corrected chi connectivity index (χ1v) is 7.53. The molecule has 1 unspecified atom stereocenters. The normalized spacial score (nSPS) is 16.7. The van der Waals surface area contributed by atoms with E-state index in [1.54, 1.807) is 0 Å². The first-order chi connectivity index (χ1) is 9.22. The summed E-state index contributed by atoms with van der Waals surface area (Å²) >= 11 is 3.29. The third kappa shape index (κ3) is 3.80. The van der Waals surface area contributed by atoms with Crippen molar-refractivity contribution in [2.24, 2.45) is 0 Å². The average Bonchev–Trinajstić information content (AvgIpc) is 2.42. The van der Waals surface area contributed by atoms with Crippen molar-refractivity contribution in [2.45, 2.75) is 32.2 Å². The molecule has 1 atom stereocenters. The van der Waals surface area contributed by atoms with E-state index in [0.717, 1.165) is 36.0 Å². The molecule has 1 heterocycles. The molecule has 0 amide bonds. The van der Waals surface area contributed by atoms with E-state index in [2.05, 4.69) is 34.2 Å². The summed E-state index contributed by atoms with van der Waals surface area (Å²) in [6.45, 7) is 3.65. The van der Waals surface area contributed by atoms with Crippen molar-refractivity contribution in [1.29, 1.82) is 0 Å². The lowest BCUT2D eigenvalue weighted by atomic mass is 10.0. The molecule has 0 aromatic heterocycles. The third-order valence-electron chi connectivity index (χ3n) is 3.12. The summed E-state index contributed by atoms with van der Waals surface area (Å²) in [5.74, 6) is 0.638. The number of hydrogen-bond donors (Lipinski definition) is 1. The Hall–Kier alpha value is -0.870. The second-order valence-corrected chi connectivity index (χ2v) is 5.57. The Kier molecular flexibility index (Phi) is 5.40. The minimum absolute atomic E-state index is 0.187. The minimum atomic E-state index is -0.210. The molecule has 0 bridgehead atoms. The first kappa shape index (κ1) is 14.5. The molecule has 0 spiro atoms. The predicted molar refractivity (Wildman–Crippen MR) is 78.4 cm³/mol. The monoisotopic (exact) mass is 327 g/mol. The molecular weight excluding hydrogens is 309 g/mol. The quantitative estimate of drug-likeness (QED) is 0.869. The fourth-order valence-corrected chi connectivity index (χ4v) is 2.50. The van der Waals surface area contributed by atoms with Gasteiger partial charge < -0.3 is 10.1 Å². The largest absolute Gasteiger partial charge is 0.496 e. The Morgan fingerprint density at radius 1 is 1.47 bits per heavy atom. The number of halogens is 2. The summed E-state index contributed by atoms with van der Waals surface area (Å²) in [6.07, 6.45) is 5.10. The molecule has 1 N–H and O–H groups in total. The van der Waals surface area contributed by atoms with Crippen molar-refractivity contribution in [3.63, 3.8) is 0 Å². The van der Waals surface area contributed by atoms with Gasteiger partial charge in [-0.1, -0.05) is 28.9 Å². The smallest absolute Gasteiger partial charge is 0.129 e. The average molecular weight is 328 g/mol. The zero-order valence-corrected chi connectivity index (χ0v) is 12.7. The lowest BCUT2D eigenvalue weighted by Crippen LogP contribution is -2.27. The van der Waals surface area contributed by atoms with Gasteiger partial charge in [0, 0.05) is 10.0 Å². The second-order valence-electron chi connectivity index (χ2n) is 4.65. The highest BCUT2D eigenvalue weighted by Gasteiger charge is 2.22. The zero-order chi connectivity index (χ0) is 13.7. The van der Waals surface area contributed by atoms with Crippen LogP contribution in [0, 0.1) is 5.82 Å². The van der Waals surface area contributed by atoms with Gasteiger partial charge in [-0.15, -0.1) is 0 Å². The van der Waals surface area contributed by atoms with Gasteiger partial charge in [-0.25, -0.2) is 4.39 Å². The van der Waals surface area contributed by atoms with Crippen molar-refractivity contribution < 1.29 is 9.13 Å². The Morgan fingerprint density at radius 2 is 2.32 bits per heavy atom. The lowest BCUT2D eigenvalue weighted by molar-refractivity contribution is 0.166. The molecule has 104 valence electrons. The summed E-state index contributed by atoms with van der Waals surface area (Å²) in [7, 11) is 0. The van der Waals surface area contributed by atoms with Gasteiger partial charge in [0.15, 0.2) is 0 Å². The van der Waals surface area contributed by atoms with E-state index < -0.39 is 0 Å². The summed E-state index contributed by atoms with van der Waals surface area (Å²) in [4.78, 5) is 0. The van der Waals surface area contributed by atoms with E-state index in [0.29, 0.717) is 12.2 Å². The molecule has 1 aliphatic heterocycles. The van der Waals surface area contributed by atoms with Crippen LogP contribution in [0.15, 0.2) is 34.5 Å². The van der Waals surface area contributed by atoms with Crippen LogP contribution in [-0.4, -0.2) is 13.2 Å². The van der Waals surface area contributed by atoms with Crippen molar-refractivity contribution in [3.8, 4) is 0 Å². The van der Waals surface area contributed by atoms with Crippen molar-refractivity contribution in [2.75, 3.05) is 13.2 Å². The van der Waals surface area contributed by atoms with Gasteiger partial charge in [-0.3, -0.25) is 0 Å². The van der Waals surface area contributed by atoms with Crippen LogP contribution in [0.25, 0.3) is 0 Å². The maximum absolute atomic E-state index is 14.1. The highest BCUT2D eigenvalue weighted by Crippen LogP contribution is 2.29. The van der Waals surface area contributed by atoms with E-state index >= 15 is 0 Å². The van der Waals surface area contributed by atoms with Gasteiger partial charge in [0.2, 0.25) is 0 Å². The summed E-state index contributed by atoms with van der Waals surface area (Å²) in [6, 6.07) is 4.99. The molecule has 0 aliphatic carbocycles. The van der Waals surface area contributed by atoms with Crippen molar-refractivity contribution in [1.82, 2.24) is 5.32 Å². The van der Waals surface area contributed by atoms with Gasteiger partial charge in [0.05, 0.1) is 12.6 Å².